The molecule has 0 saturated carbocycles. The van der Waals surface area contributed by atoms with Crippen LogP contribution >= 0.6 is 0 Å². The molecule has 2 N–H and O–H groups in total. The van der Waals surface area contributed by atoms with Crippen LogP contribution < -0.4 is 15.7 Å². The Kier molecular flexibility index (Phi) is 23.2. The van der Waals surface area contributed by atoms with Gasteiger partial charge in [0, 0.05) is 13.0 Å². The Hall–Kier alpha value is -1.83. The molecule has 8 nitrogen and oxygen atoms in total. The molecular formula is C26H53N3O5. The van der Waals surface area contributed by atoms with Gasteiger partial charge in [-0.2, -0.15) is 0 Å². The molecular weight excluding hydrogens is 434 g/mol. The summed E-state index contributed by atoms with van der Waals surface area (Å²) in [6.45, 7) is 7.54. The van der Waals surface area contributed by atoms with Gasteiger partial charge >= 0.3 is 12.0 Å². The maximum atomic E-state index is 12.3. The molecule has 0 aromatic rings. The number of carbonyl (C=O) groups excluding carboxylic acids is 3. The number of hydrogen-bond acceptors (Lipinski definition) is 5. The van der Waals surface area contributed by atoms with Crippen LogP contribution in [-0.2, 0) is 14.3 Å². The summed E-state index contributed by atoms with van der Waals surface area (Å²) in [7, 11) is 6.16. The average molecular weight is 488 g/mol. The molecule has 1 atom stereocenters. The van der Waals surface area contributed by atoms with Gasteiger partial charge in [0.25, 0.3) is 0 Å². The fraction of sp³-hybridized carbons (Fsp3) is 0.885. The Morgan fingerprint density at radius 3 is 1.82 bits per heavy atom. The second kappa shape index (κ2) is 22.9. The van der Waals surface area contributed by atoms with Crippen molar-refractivity contribution in [1.82, 2.24) is 10.6 Å². The minimum atomic E-state index is -0.500. The SMILES string of the molecule is CCCCCCCCCCCCCNC(=O)N[C@H](CC(=O)OCC(C)C)C[N+](C)(C)C.O=C[O-]. The zero-order valence-corrected chi connectivity index (χ0v) is 22.8. The average Bonchev–Trinajstić information content (AvgIpc) is 2.72. The molecule has 2 amide bonds. The first kappa shape index (κ1) is 34.3. The lowest BCUT2D eigenvalue weighted by Gasteiger charge is -2.29. The Morgan fingerprint density at radius 2 is 1.38 bits per heavy atom. The molecule has 0 aliphatic rings. The summed E-state index contributed by atoms with van der Waals surface area (Å²) in [4.78, 5) is 32.6. The van der Waals surface area contributed by atoms with Crippen molar-refractivity contribution in [2.45, 2.75) is 104 Å². The molecule has 0 heterocycles. The van der Waals surface area contributed by atoms with Gasteiger partial charge in [0.2, 0.25) is 0 Å². The van der Waals surface area contributed by atoms with Gasteiger partial charge in [0.1, 0.15) is 0 Å². The molecule has 0 fully saturated rings. The molecule has 0 aliphatic carbocycles. The van der Waals surface area contributed by atoms with Gasteiger partial charge < -0.3 is 29.8 Å². The topological polar surface area (TPSA) is 108 Å². The molecule has 34 heavy (non-hydrogen) atoms. The van der Waals surface area contributed by atoms with Crippen LogP contribution in [0, 0.1) is 5.92 Å². The molecule has 8 heteroatoms. The van der Waals surface area contributed by atoms with Crippen LogP contribution in [0.4, 0.5) is 4.79 Å². The highest BCUT2D eigenvalue weighted by Gasteiger charge is 2.23. The number of likely N-dealkylation sites (N-methyl/N-ethyl adjacent to an activating group) is 1. The molecule has 0 aliphatic heterocycles. The van der Waals surface area contributed by atoms with Crippen molar-refractivity contribution in [3.63, 3.8) is 0 Å². The number of nitrogens with one attached hydrogen (secondary N) is 2. The van der Waals surface area contributed by atoms with Crippen LogP contribution in [0.1, 0.15) is 97.8 Å². The van der Waals surface area contributed by atoms with Crippen molar-refractivity contribution in [3.8, 4) is 0 Å². The van der Waals surface area contributed by atoms with E-state index < -0.39 is 6.47 Å². The number of carbonyl (C=O) groups is 3. The zero-order chi connectivity index (χ0) is 26.2. The molecule has 0 spiro atoms. The van der Waals surface area contributed by atoms with Gasteiger partial charge in [0.15, 0.2) is 0 Å². The van der Waals surface area contributed by atoms with Crippen molar-refractivity contribution in [2.24, 2.45) is 5.92 Å². The van der Waals surface area contributed by atoms with Crippen molar-refractivity contribution < 1.29 is 28.7 Å². The molecule has 0 unspecified atom stereocenters. The number of carboxylic acid groups (broad SMARTS) is 1. The van der Waals surface area contributed by atoms with Crippen LogP contribution in [0.25, 0.3) is 0 Å². The van der Waals surface area contributed by atoms with Crippen molar-refractivity contribution in [2.75, 3.05) is 40.8 Å². The first-order chi connectivity index (χ1) is 16.1. The van der Waals surface area contributed by atoms with E-state index in [9.17, 15) is 9.59 Å². The highest BCUT2D eigenvalue weighted by molar-refractivity contribution is 5.76. The summed E-state index contributed by atoms with van der Waals surface area (Å²) in [6.07, 6.45) is 14.4. The maximum absolute atomic E-state index is 12.3. The Labute approximate surface area is 208 Å². The molecule has 0 saturated heterocycles. The van der Waals surface area contributed by atoms with Crippen molar-refractivity contribution in [3.05, 3.63) is 0 Å². The van der Waals surface area contributed by atoms with E-state index >= 15 is 0 Å². The zero-order valence-electron chi connectivity index (χ0n) is 22.8. The first-order valence-electron chi connectivity index (χ1n) is 13.1. The number of nitrogens with zero attached hydrogens (tertiary/aromatic N) is 1. The number of hydrogen-bond donors (Lipinski definition) is 2. The molecule has 202 valence electrons. The lowest BCUT2D eigenvalue weighted by Crippen LogP contribution is -2.52. The summed E-state index contributed by atoms with van der Waals surface area (Å²) >= 11 is 0. The van der Waals surface area contributed by atoms with Crippen LogP contribution in [0.3, 0.4) is 0 Å². The number of ether oxygens (including phenoxy) is 1. The quantitative estimate of drug-likeness (QED) is 0.125. The third-order valence-electron chi connectivity index (χ3n) is 5.16. The van der Waals surface area contributed by atoms with Gasteiger partial charge in [0.05, 0.1) is 46.8 Å². The van der Waals surface area contributed by atoms with E-state index in [0.717, 1.165) is 12.8 Å². The van der Waals surface area contributed by atoms with Gasteiger partial charge in [-0.05, 0) is 12.3 Å². The lowest BCUT2D eigenvalue weighted by molar-refractivity contribution is -0.871. The first-order valence-corrected chi connectivity index (χ1v) is 13.1. The van der Waals surface area contributed by atoms with E-state index in [1.807, 2.05) is 13.8 Å². The van der Waals surface area contributed by atoms with Gasteiger partial charge in [-0.25, -0.2) is 4.79 Å². The number of urea groups is 1. The lowest BCUT2D eigenvalue weighted by atomic mass is 10.1. The second-order valence-electron chi connectivity index (χ2n) is 10.5. The number of esters is 1. The highest BCUT2D eigenvalue weighted by atomic mass is 16.5. The van der Waals surface area contributed by atoms with E-state index in [2.05, 4.69) is 38.7 Å². The summed E-state index contributed by atoms with van der Waals surface area (Å²) in [6, 6.07) is -0.431. The van der Waals surface area contributed by atoms with E-state index in [1.165, 1.54) is 57.8 Å². The normalized spacial score (nSPS) is 11.9. The van der Waals surface area contributed by atoms with E-state index in [-0.39, 0.29) is 24.5 Å². The Morgan fingerprint density at radius 1 is 0.912 bits per heavy atom. The molecule has 0 radical (unpaired) electrons. The molecule has 0 aromatic heterocycles. The fourth-order valence-corrected chi connectivity index (χ4v) is 3.57. The standard InChI is InChI=1S/C25H51N3O3.CH2O2/c1-7-8-9-10-11-12-13-14-15-16-17-18-26-25(30)27-23(20-28(4,5)6)19-24(29)31-21-22(2)3;2-1-3/h22-23H,7-21H2,1-6H3,(H-,26,27,30);1H,(H,2,3)/t23-;/m1./s1. The summed E-state index contributed by atoms with van der Waals surface area (Å²) in [5.74, 6) is 0.0562. The van der Waals surface area contributed by atoms with E-state index in [0.29, 0.717) is 30.1 Å². The maximum Gasteiger partial charge on any atom is 0.315 e. The third kappa shape index (κ3) is 28.2. The predicted molar refractivity (Wildman–Crippen MR) is 136 cm³/mol. The monoisotopic (exact) mass is 487 g/mol. The van der Waals surface area contributed by atoms with Gasteiger partial charge in [-0.15, -0.1) is 0 Å². The van der Waals surface area contributed by atoms with Gasteiger partial charge in [-0.1, -0.05) is 85.0 Å². The number of rotatable bonds is 19. The fourth-order valence-electron chi connectivity index (χ4n) is 3.57. The molecule has 0 bridgehead atoms. The highest BCUT2D eigenvalue weighted by Crippen LogP contribution is 2.11. The summed E-state index contributed by atoms with van der Waals surface area (Å²) in [5, 5.41) is 14.2. The Balaban J connectivity index is 0. The smallest absolute Gasteiger partial charge is 0.315 e. The van der Waals surface area contributed by atoms with Gasteiger partial charge in [-0.3, -0.25) is 4.79 Å². The third-order valence-corrected chi connectivity index (χ3v) is 5.16. The van der Waals surface area contributed by atoms with E-state index in [4.69, 9.17) is 14.6 Å². The molecule has 0 aromatic carbocycles. The molecule has 0 rings (SSSR count). The van der Waals surface area contributed by atoms with Crippen LogP contribution in [0.15, 0.2) is 0 Å². The predicted octanol–water partition coefficient (Wildman–Crippen LogP) is 3.63. The minimum Gasteiger partial charge on any atom is -0.554 e. The van der Waals surface area contributed by atoms with Crippen LogP contribution in [0.2, 0.25) is 0 Å². The minimum absolute atomic E-state index is 0.192. The second-order valence-corrected chi connectivity index (χ2v) is 10.5. The largest absolute Gasteiger partial charge is 0.554 e. The van der Waals surface area contributed by atoms with Crippen LogP contribution in [-0.4, -0.2) is 69.8 Å². The van der Waals surface area contributed by atoms with Crippen LogP contribution in [0.5, 0.6) is 0 Å². The Bertz CT molecular complexity index is 507. The number of amides is 2. The summed E-state index contributed by atoms with van der Waals surface area (Å²) < 4.78 is 5.96. The summed E-state index contributed by atoms with van der Waals surface area (Å²) in [5.41, 5.74) is 0. The van der Waals surface area contributed by atoms with E-state index in [1.54, 1.807) is 0 Å². The number of unbranched alkanes of at least 4 members (excludes halogenated alkanes) is 10. The van der Waals surface area contributed by atoms with Crippen molar-refractivity contribution >= 4 is 18.5 Å². The number of quaternary nitrogens is 1. The van der Waals surface area contributed by atoms with Crippen molar-refractivity contribution in [1.29, 1.82) is 0 Å².